The topological polar surface area (TPSA) is 59.4 Å². The van der Waals surface area contributed by atoms with E-state index in [4.69, 9.17) is 4.74 Å². The second-order valence-corrected chi connectivity index (χ2v) is 3.28. The number of carbonyl (C=O) groups is 1. The van der Waals surface area contributed by atoms with Gasteiger partial charge in [-0.25, -0.2) is 0 Å². The first kappa shape index (κ1) is 11.7. The van der Waals surface area contributed by atoms with Crippen LogP contribution in [0.5, 0.6) is 0 Å². The van der Waals surface area contributed by atoms with E-state index in [1.165, 1.54) is 0 Å². The maximum Gasteiger partial charge on any atom is 0.308 e. The number of aryl methyl sites for hydroxylation is 1. The van der Waals surface area contributed by atoms with Crippen LogP contribution in [0.4, 0.5) is 0 Å². The predicted octanol–water partition coefficient (Wildman–Crippen LogP) is 1.38. The minimum Gasteiger partial charge on any atom is -0.466 e. The maximum atomic E-state index is 11.1. The van der Waals surface area contributed by atoms with Gasteiger partial charge in [-0.05, 0) is 31.5 Å². The molecule has 0 aliphatic carbocycles. The average molecular weight is 209 g/mol. The average Bonchev–Trinajstić information content (AvgIpc) is 2.18. The molecule has 0 spiro atoms. The number of ether oxygens (including phenoxy) is 1. The number of pyridine rings is 1. The molecular formula is C11H15NO3. The van der Waals surface area contributed by atoms with Crippen molar-refractivity contribution < 1.29 is 14.6 Å². The Morgan fingerprint density at radius 1 is 1.67 bits per heavy atom. The minimum atomic E-state index is -0.885. The summed E-state index contributed by atoms with van der Waals surface area (Å²) in [6.07, 6.45) is 0.674. The molecule has 0 saturated heterocycles. The standard InChI is InChI=1S/C11H15NO3/c1-3-15-11(14)7-10(13)9-6-8(2)4-5-12-9/h4-6,10,13H,3,7H2,1-2H3. The van der Waals surface area contributed by atoms with Crippen LogP contribution in [0.15, 0.2) is 18.3 Å². The number of aliphatic hydroxyl groups is 1. The van der Waals surface area contributed by atoms with E-state index in [0.717, 1.165) is 5.56 Å². The molecular weight excluding hydrogens is 194 g/mol. The molecule has 15 heavy (non-hydrogen) atoms. The van der Waals surface area contributed by atoms with Crippen molar-refractivity contribution in [2.24, 2.45) is 0 Å². The van der Waals surface area contributed by atoms with Gasteiger partial charge in [0.05, 0.1) is 18.7 Å². The van der Waals surface area contributed by atoms with Gasteiger partial charge >= 0.3 is 5.97 Å². The van der Waals surface area contributed by atoms with Crippen molar-refractivity contribution in [3.63, 3.8) is 0 Å². The Bertz CT molecular complexity index is 338. The number of rotatable bonds is 4. The van der Waals surface area contributed by atoms with E-state index in [0.29, 0.717) is 12.3 Å². The molecule has 1 heterocycles. The predicted molar refractivity (Wildman–Crippen MR) is 55.2 cm³/mol. The van der Waals surface area contributed by atoms with Gasteiger partial charge in [0.25, 0.3) is 0 Å². The number of carbonyl (C=O) groups excluding carboxylic acids is 1. The lowest BCUT2D eigenvalue weighted by Crippen LogP contribution is -2.11. The van der Waals surface area contributed by atoms with Crippen LogP contribution in [-0.2, 0) is 9.53 Å². The molecule has 0 aliphatic heterocycles. The Labute approximate surface area is 88.9 Å². The highest BCUT2D eigenvalue weighted by molar-refractivity contribution is 5.70. The highest BCUT2D eigenvalue weighted by atomic mass is 16.5. The number of nitrogens with zero attached hydrogens (tertiary/aromatic N) is 1. The molecule has 4 heteroatoms. The molecule has 0 amide bonds. The van der Waals surface area contributed by atoms with Gasteiger partial charge in [-0.2, -0.15) is 0 Å². The number of aliphatic hydroxyl groups excluding tert-OH is 1. The fourth-order valence-electron chi connectivity index (χ4n) is 1.22. The maximum absolute atomic E-state index is 11.1. The van der Waals surface area contributed by atoms with Gasteiger partial charge < -0.3 is 9.84 Å². The molecule has 1 aromatic heterocycles. The second kappa shape index (κ2) is 5.46. The third kappa shape index (κ3) is 3.67. The van der Waals surface area contributed by atoms with E-state index < -0.39 is 12.1 Å². The van der Waals surface area contributed by atoms with Crippen LogP contribution in [0.1, 0.15) is 30.7 Å². The largest absolute Gasteiger partial charge is 0.466 e. The molecule has 1 N–H and O–H groups in total. The third-order valence-electron chi connectivity index (χ3n) is 1.94. The van der Waals surface area contributed by atoms with E-state index in [2.05, 4.69) is 4.98 Å². The van der Waals surface area contributed by atoms with Gasteiger partial charge in [-0.1, -0.05) is 0 Å². The normalized spacial score (nSPS) is 12.2. The first-order chi connectivity index (χ1) is 7.13. The van der Waals surface area contributed by atoms with E-state index >= 15 is 0 Å². The molecule has 4 nitrogen and oxygen atoms in total. The van der Waals surface area contributed by atoms with Crippen LogP contribution < -0.4 is 0 Å². The highest BCUT2D eigenvalue weighted by Gasteiger charge is 2.14. The lowest BCUT2D eigenvalue weighted by Gasteiger charge is -2.09. The molecule has 0 aromatic carbocycles. The molecule has 0 aliphatic rings. The fraction of sp³-hybridized carbons (Fsp3) is 0.455. The zero-order valence-corrected chi connectivity index (χ0v) is 8.93. The van der Waals surface area contributed by atoms with Crippen LogP contribution in [0.2, 0.25) is 0 Å². The van der Waals surface area contributed by atoms with E-state index in [1.807, 2.05) is 13.0 Å². The Balaban J connectivity index is 2.60. The SMILES string of the molecule is CCOC(=O)CC(O)c1cc(C)ccn1. The molecule has 1 unspecified atom stereocenters. The number of hydrogen-bond acceptors (Lipinski definition) is 4. The molecule has 82 valence electrons. The monoisotopic (exact) mass is 209 g/mol. The Hall–Kier alpha value is -1.42. The van der Waals surface area contributed by atoms with Crippen molar-refractivity contribution in [2.75, 3.05) is 6.61 Å². The van der Waals surface area contributed by atoms with Crippen molar-refractivity contribution in [3.05, 3.63) is 29.6 Å². The lowest BCUT2D eigenvalue weighted by atomic mass is 10.1. The lowest BCUT2D eigenvalue weighted by molar-refractivity contribution is -0.145. The van der Waals surface area contributed by atoms with Crippen LogP contribution >= 0.6 is 0 Å². The smallest absolute Gasteiger partial charge is 0.308 e. The summed E-state index contributed by atoms with van der Waals surface area (Å²) in [6.45, 7) is 3.96. The molecule has 0 fully saturated rings. The summed E-state index contributed by atoms with van der Waals surface area (Å²) in [7, 11) is 0. The quantitative estimate of drug-likeness (QED) is 0.761. The number of hydrogen-bond donors (Lipinski definition) is 1. The van der Waals surface area contributed by atoms with Gasteiger partial charge in [0.15, 0.2) is 0 Å². The summed E-state index contributed by atoms with van der Waals surface area (Å²) in [6, 6.07) is 3.59. The van der Waals surface area contributed by atoms with Gasteiger partial charge in [-0.15, -0.1) is 0 Å². The first-order valence-electron chi connectivity index (χ1n) is 4.89. The van der Waals surface area contributed by atoms with Gasteiger partial charge in [0.2, 0.25) is 0 Å². The van der Waals surface area contributed by atoms with Crippen LogP contribution in [-0.4, -0.2) is 22.7 Å². The fourth-order valence-corrected chi connectivity index (χ4v) is 1.22. The Kier molecular flexibility index (Phi) is 4.24. The van der Waals surface area contributed by atoms with E-state index in [9.17, 15) is 9.90 Å². The summed E-state index contributed by atoms with van der Waals surface area (Å²) < 4.78 is 4.74. The summed E-state index contributed by atoms with van der Waals surface area (Å²) in [4.78, 5) is 15.1. The van der Waals surface area contributed by atoms with Crippen LogP contribution in [0.3, 0.4) is 0 Å². The Morgan fingerprint density at radius 2 is 2.40 bits per heavy atom. The van der Waals surface area contributed by atoms with Crippen molar-refractivity contribution in [3.8, 4) is 0 Å². The first-order valence-corrected chi connectivity index (χ1v) is 4.89. The minimum absolute atomic E-state index is 0.0513. The van der Waals surface area contributed by atoms with Gasteiger partial charge in [-0.3, -0.25) is 9.78 Å². The van der Waals surface area contributed by atoms with Crippen molar-refractivity contribution >= 4 is 5.97 Å². The molecule has 1 aromatic rings. The molecule has 1 rings (SSSR count). The van der Waals surface area contributed by atoms with Gasteiger partial charge in [0.1, 0.15) is 6.10 Å². The molecule has 0 saturated carbocycles. The zero-order chi connectivity index (χ0) is 11.3. The van der Waals surface area contributed by atoms with Crippen molar-refractivity contribution in [1.82, 2.24) is 4.98 Å². The number of aromatic nitrogens is 1. The van der Waals surface area contributed by atoms with Crippen LogP contribution in [0, 0.1) is 6.92 Å². The molecule has 0 bridgehead atoms. The van der Waals surface area contributed by atoms with Crippen LogP contribution in [0.25, 0.3) is 0 Å². The second-order valence-electron chi connectivity index (χ2n) is 3.28. The zero-order valence-electron chi connectivity index (χ0n) is 8.93. The summed E-state index contributed by atoms with van der Waals surface area (Å²) in [5.74, 6) is -0.409. The van der Waals surface area contributed by atoms with Gasteiger partial charge in [0, 0.05) is 6.20 Å². The van der Waals surface area contributed by atoms with E-state index in [-0.39, 0.29) is 6.42 Å². The number of esters is 1. The summed E-state index contributed by atoms with van der Waals surface area (Å²) >= 11 is 0. The summed E-state index contributed by atoms with van der Waals surface area (Å²) in [5.41, 5.74) is 1.51. The van der Waals surface area contributed by atoms with Crippen molar-refractivity contribution in [1.29, 1.82) is 0 Å². The third-order valence-corrected chi connectivity index (χ3v) is 1.94. The molecule has 1 atom stereocenters. The Morgan fingerprint density at radius 3 is 3.00 bits per heavy atom. The van der Waals surface area contributed by atoms with Crippen molar-refractivity contribution in [2.45, 2.75) is 26.4 Å². The molecule has 0 radical (unpaired) electrons. The van der Waals surface area contributed by atoms with E-state index in [1.54, 1.807) is 19.2 Å². The summed E-state index contributed by atoms with van der Waals surface area (Å²) in [5, 5.41) is 9.68. The highest BCUT2D eigenvalue weighted by Crippen LogP contribution is 2.15.